The number of thiophene rings is 1. The highest BCUT2D eigenvalue weighted by Crippen LogP contribution is 2.21. The van der Waals surface area contributed by atoms with Crippen LogP contribution in [0.3, 0.4) is 0 Å². The van der Waals surface area contributed by atoms with E-state index in [-0.39, 0.29) is 18.3 Å². The van der Waals surface area contributed by atoms with Crippen molar-refractivity contribution in [2.75, 3.05) is 18.1 Å². The van der Waals surface area contributed by atoms with E-state index in [0.717, 1.165) is 21.9 Å². The minimum atomic E-state index is -0.552. The Bertz CT molecular complexity index is 851. The van der Waals surface area contributed by atoms with Crippen molar-refractivity contribution in [3.05, 3.63) is 57.8 Å². The summed E-state index contributed by atoms with van der Waals surface area (Å²) in [5.74, 6) is -0.729. The lowest BCUT2D eigenvalue weighted by Gasteiger charge is -2.15. The maximum Gasteiger partial charge on any atom is 0.331 e. The smallest absolute Gasteiger partial charge is 0.331 e. The topological polar surface area (TPSA) is 63.7 Å². The molecular weight excluding hydrogens is 350 g/mol. The van der Waals surface area contributed by atoms with Crippen LogP contribution in [0.15, 0.2) is 42.5 Å². The number of hydrogen-bond donors (Lipinski definition) is 0. The molecular formula is C20H19NO4S. The van der Waals surface area contributed by atoms with Crippen LogP contribution < -0.4 is 4.90 Å². The molecule has 2 aromatic rings. The fourth-order valence-corrected chi connectivity index (χ4v) is 3.49. The van der Waals surface area contributed by atoms with Crippen molar-refractivity contribution in [3.63, 3.8) is 0 Å². The fraction of sp³-hybridized carbons (Fsp3) is 0.250. The van der Waals surface area contributed by atoms with Crippen molar-refractivity contribution in [3.8, 4) is 0 Å². The van der Waals surface area contributed by atoms with Crippen molar-refractivity contribution in [2.24, 2.45) is 0 Å². The summed E-state index contributed by atoms with van der Waals surface area (Å²) in [7, 11) is 0. The minimum Gasteiger partial charge on any atom is -0.454 e. The molecule has 1 aromatic heterocycles. The van der Waals surface area contributed by atoms with Gasteiger partial charge in [0.2, 0.25) is 5.91 Å². The standard InChI is InChI=1S/C20H19NO4S/c1-14-4-9-17(26-14)10-11-20(24)25-13-18(22)15-5-7-16(8-6-15)21-12-2-3-19(21)23/h4-11H,2-3,12-13H2,1H3/b11-10+. The number of esters is 1. The van der Waals surface area contributed by atoms with Gasteiger partial charge in [-0.3, -0.25) is 9.59 Å². The number of ketones is 1. The molecule has 0 spiro atoms. The molecule has 1 aliphatic heterocycles. The van der Waals surface area contributed by atoms with Crippen LogP contribution >= 0.6 is 11.3 Å². The highest BCUT2D eigenvalue weighted by molar-refractivity contribution is 7.12. The van der Waals surface area contributed by atoms with Gasteiger partial charge in [-0.05, 0) is 55.8 Å². The second-order valence-corrected chi connectivity index (χ2v) is 7.33. The molecule has 1 aromatic carbocycles. The molecule has 26 heavy (non-hydrogen) atoms. The van der Waals surface area contributed by atoms with Crippen LogP contribution in [0.5, 0.6) is 0 Å². The lowest BCUT2D eigenvalue weighted by Crippen LogP contribution is -2.23. The average Bonchev–Trinajstić information content (AvgIpc) is 3.26. The van der Waals surface area contributed by atoms with Crippen molar-refractivity contribution in [2.45, 2.75) is 19.8 Å². The summed E-state index contributed by atoms with van der Waals surface area (Å²) in [6, 6.07) is 10.7. The Labute approximate surface area is 155 Å². The molecule has 6 heteroatoms. The van der Waals surface area contributed by atoms with Crippen LogP contribution in [-0.4, -0.2) is 30.8 Å². The molecule has 1 amide bonds. The number of aryl methyl sites for hydroxylation is 1. The predicted octanol–water partition coefficient (Wildman–Crippen LogP) is 3.62. The first-order chi connectivity index (χ1) is 12.5. The third kappa shape index (κ3) is 4.46. The number of amides is 1. The van der Waals surface area contributed by atoms with E-state index >= 15 is 0 Å². The Morgan fingerprint density at radius 1 is 1.19 bits per heavy atom. The van der Waals surface area contributed by atoms with Crippen molar-refractivity contribution in [1.82, 2.24) is 0 Å². The van der Waals surface area contributed by atoms with Gasteiger partial charge in [-0.25, -0.2) is 4.79 Å². The van der Waals surface area contributed by atoms with E-state index in [2.05, 4.69) is 0 Å². The first-order valence-corrected chi connectivity index (χ1v) is 9.19. The molecule has 3 rings (SSSR count). The number of carbonyl (C=O) groups excluding carboxylic acids is 3. The van der Waals surface area contributed by atoms with Crippen LogP contribution in [0.25, 0.3) is 6.08 Å². The fourth-order valence-electron chi connectivity index (χ4n) is 2.71. The summed E-state index contributed by atoms with van der Waals surface area (Å²) < 4.78 is 5.00. The first-order valence-electron chi connectivity index (χ1n) is 8.38. The number of benzene rings is 1. The van der Waals surface area contributed by atoms with Gasteiger partial charge in [0.05, 0.1) is 0 Å². The van der Waals surface area contributed by atoms with Gasteiger partial charge in [-0.2, -0.15) is 0 Å². The molecule has 0 radical (unpaired) electrons. The summed E-state index contributed by atoms with van der Waals surface area (Å²) in [4.78, 5) is 39.4. The van der Waals surface area contributed by atoms with E-state index in [4.69, 9.17) is 4.74 Å². The van der Waals surface area contributed by atoms with E-state index in [1.54, 1.807) is 46.6 Å². The third-order valence-electron chi connectivity index (χ3n) is 4.06. The lowest BCUT2D eigenvalue weighted by molar-refractivity contribution is -0.136. The lowest BCUT2D eigenvalue weighted by atomic mass is 10.1. The van der Waals surface area contributed by atoms with Crippen LogP contribution in [0, 0.1) is 6.92 Å². The highest BCUT2D eigenvalue weighted by Gasteiger charge is 2.21. The number of nitrogens with zero attached hydrogens (tertiary/aromatic N) is 1. The zero-order valence-corrected chi connectivity index (χ0v) is 15.3. The molecule has 1 fully saturated rings. The second kappa shape index (κ2) is 8.10. The number of anilines is 1. The molecule has 5 nitrogen and oxygen atoms in total. The Balaban J connectivity index is 1.52. The van der Waals surface area contributed by atoms with Crippen LogP contribution in [-0.2, 0) is 14.3 Å². The maximum atomic E-state index is 12.1. The molecule has 0 atom stereocenters. The minimum absolute atomic E-state index is 0.103. The van der Waals surface area contributed by atoms with E-state index in [1.165, 1.54) is 6.08 Å². The van der Waals surface area contributed by atoms with Gasteiger partial charge in [-0.15, -0.1) is 11.3 Å². The van der Waals surface area contributed by atoms with Crippen LogP contribution in [0.2, 0.25) is 0 Å². The molecule has 0 N–H and O–H groups in total. The summed E-state index contributed by atoms with van der Waals surface area (Å²) in [6.45, 7) is 2.39. The number of Topliss-reactive ketones (excluding diaryl/α,β-unsaturated/α-hetero) is 1. The normalized spacial score (nSPS) is 14.2. The summed E-state index contributed by atoms with van der Waals surface area (Å²) in [6.07, 6.45) is 4.41. The summed E-state index contributed by atoms with van der Waals surface area (Å²) in [5.41, 5.74) is 1.24. The van der Waals surface area contributed by atoms with Crippen LogP contribution in [0.4, 0.5) is 5.69 Å². The van der Waals surface area contributed by atoms with Gasteiger partial charge < -0.3 is 9.64 Å². The first kappa shape index (κ1) is 18.1. The van der Waals surface area contributed by atoms with Crippen molar-refractivity contribution in [1.29, 1.82) is 0 Å². The molecule has 134 valence electrons. The molecule has 2 heterocycles. The van der Waals surface area contributed by atoms with Gasteiger partial charge in [0.1, 0.15) is 0 Å². The number of rotatable bonds is 6. The Hall–Kier alpha value is -2.73. The third-order valence-corrected chi connectivity index (χ3v) is 5.03. The Morgan fingerprint density at radius 2 is 1.96 bits per heavy atom. The van der Waals surface area contributed by atoms with Crippen molar-refractivity contribution < 1.29 is 19.1 Å². The van der Waals surface area contributed by atoms with Crippen LogP contribution in [0.1, 0.15) is 33.0 Å². The molecule has 0 saturated carbocycles. The van der Waals surface area contributed by atoms with Gasteiger partial charge in [0.25, 0.3) is 0 Å². The Kier molecular flexibility index (Phi) is 5.63. The molecule has 0 unspecified atom stereocenters. The highest BCUT2D eigenvalue weighted by atomic mass is 32.1. The van der Waals surface area contributed by atoms with Gasteiger partial charge in [-0.1, -0.05) is 0 Å². The monoisotopic (exact) mass is 369 g/mol. The van der Waals surface area contributed by atoms with Gasteiger partial charge in [0.15, 0.2) is 12.4 Å². The maximum absolute atomic E-state index is 12.1. The number of ether oxygens (including phenoxy) is 1. The largest absolute Gasteiger partial charge is 0.454 e. The van der Waals surface area contributed by atoms with Gasteiger partial charge >= 0.3 is 5.97 Å². The van der Waals surface area contributed by atoms with E-state index < -0.39 is 5.97 Å². The molecule has 1 aliphatic rings. The summed E-state index contributed by atoms with van der Waals surface area (Å²) >= 11 is 1.57. The van der Waals surface area contributed by atoms with E-state index in [1.807, 2.05) is 19.1 Å². The second-order valence-electron chi connectivity index (χ2n) is 6.01. The zero-order chi connectivity index (χ0) is 18.5. The molecule has 0 aliphatic carbocycles. The van der Waals surface area contributed by atoms with E-state index in [9.17, 15) is 14.4 Å². The zero-order valence-electron chi connectivity index (χ0n) is 14.4. The SMILES string of the molecule is Cc1ccc(/C=C/C(=O)OCC(=O)c2ccc(N3CCCC3=O)cc2)s1. The molecule has 0 bridgehead atoms. The predicted molar refractivity (Wildman–Crippen MR) is 101 cm³/mol. The average molecular weight is 369 g/mol. The number of hydrogen-bond acceptors (Lipinski definition) is 5. The molecule has 1 saturated heterocycles. The summed E-state index contributed by atoms with van der Waals surface area (Å²) in [5, 5.41) is 0. The quantitative estimate of drug-likeness (QED) is 0.443. The van der Waals surface area contributed by atoms with E-state index in [0.29, 0.717) is 18.5 Å². The van der Waals surface area contributed by atoms with Crippen molar-refractivity contribution >= 4 is 40.8 Å². The Morgan fingerprint density at radius 3 is 2.58 bits per heavy atom. The number of carbonyl (C=O) groups is 3. The van der Waals surface area contributed by atoms with Gasteiger partial charge in [0, 0.05) is 40.0 Å².